The summed E-state index contributed by atoms with van der Waals surface area (Å²) in [6.07, 6.45) is 2.33. The number of fused-ring (bicyclic) bond motifs is 5. The Balaban J connectivity index is 2.41. The van der Waals surface area contributed by atoms with Crippen LogP contribution in [0.5, 0.6) is 0 Å². The summed E-state index contributed by atoms with van der Waals surface area (Å²) in [7, 11) is 0. The molecule has 0 aliphatic heterocycles. The summed E-state index contributed by atoms with van der Waals surface area (Å²) in [5.41, 5.74) is 3.68. The Morgan fingerprint density at radius 3 is 3.05 bits per heavy atom. The Hall–Kier alpha value is -2.70. The predicted octanol–water partition coefficient (Wildman–Crippen LogP) is 1.32. The van der Waals surface area contributed by atoms with E-state index in [1.54, 1.807) is 10.7 Å². The molecule has 20 heavy (non-hydrogen) atoms. The number of aromatic nitrogens is 6. The molecule has 0 aromatic carbocycles. The van der Waals surface area contributed by atoms with Crippen LogP contribution < -0.4 is 5.56 Å². The molecule has 0 saturated carbocycles. The van der Waals surface area contributed by atoms with Crippen molar-refractivity contribution in [2.24, 2.45) is 0 Å². The minimum Gasteiger partial charge on any atom is -0.306 e. The lowest BCUT2D eigenvalue weighted by atomic mass is 10.1. The molecule has 0 aliphatic carbocycles. The molecular formula is C13H12N6O. The quantitative estimate of drug-likeness (QED) is 0.544. The summed E-state index contributed by atoms with van der Waals surface area (Å²) in [4.78, 5) is 19.3. The maximum Gasteiger partial charge on any atom is 0.260 e. The highest BCUT2D eigenvalue weighted by atomic mass is 16.1. The standard InChI is InChI=1S/C13H12N6O/c1-3-8-10-11-7(5-14-12(10)17-16-8)13(20)15-9-4-6(2)18-19(9)11/h4-5H,3H2,1-2H3,(H,15,20)(H,14,16,17). The van der Waals surface area contributed by atoms with E-state index >= 15 is 0 Å². The molecule has 0 unspecified atom stereocenters. The van der Waals surface area contributed by atoms with Crippen LogP contribution in [0.25, 0.3) is 27.6 Å². The van der Waals surface area contributed by atoms with Crippen molar-refractivity contribution in [2.45, 2.75) is 20.3 Å². The molecular weight excluding hydrogens is 256 g/mol. The first-order valence-electron chi connectivity index (χ1n) is 6.43. The normalized spacial score (nSPS) is 11.9. The first-order chi connectivity index (χ1) is 9.69. The molecule has 4 heterocycles. The minimum absolute atomic E-state index is 0.162. The van der Waals surface area contributed by atoms with Gasteiger partial charge in [-0.3, -0.25) is 9.89 Å². The molecule has 7 heteroatoms. The van der Waals surface area contributed by atoms with Crippen molar-refractivity contribution in [2.75, 3.05) is 0 Å². The van der Waals surface area contributed by atoms with Crippen LogP contribution in [-0.4, -0.2) is 29.8 Å². The van der Waals surface area contributed by atoms with Gasteiger partial charge in [0.25, 0.3) is 5.56 Å². The monoisotopic (exact) mass is 268 g/mol. The molecule has 0 spiro atoms. The Kier molecular flexibility index (Phi) is 2.04. The van der Waals surface area contributed by atoms with Gasteiger partial charge in [-0.15, -0.1) is 0 Å². The van der Waals surface area contributed by atoms with Crippen molar-refractivity contribution in [1.82, 2.24) is 29.8 Å². The van der Waals surface area contributed by atoms with E-state index in [1.165, 1.54) is 0 Å². The summed E-state index contributed by atoms with van der Waals surface area (Å²) < 4.78 is 1.75. The zero-order valence-corrected chi connectivity index (χ0v) is 11.1. The average Bonchev–Trinajstić information content (AvgIpc) is 3.00. The van der Waals surface area contributed by atoms with Gasteiger partial charge in [0.2, 0.25) is 0 Å². The van der Waals surface area contributed by atoms with Gasteiger partial charge >= 0.3 is 0 Å². The van der Waals surface area contributed by atoms with Crippen molar-refractivity contribution in [3.63, 3.8) is 0 Å². The van der Waals surface area contributed by atoms with Gasteiger partial charge in [-0.1, -0.05) is 6.92 Å². The lowest BCUT2D eigenvalue weighted by Gasteiger charge is -2.03. The van der Waals surface area contributed by atoms with Crippen LogP contribution in [0.3, 0.4) is 0 Å². The average molecular weight is 268 g/mol. The maximum atomic E-state index is 12.2. The van der Waals surface area contributed by atoms with Gasteiger partial charge in [-0.25, -0.2) is 9.50 Å². The van der Waals surface area contributed by atoms with E-state index in [9.17, 15) is 4.79 Å². The maximum absolute atomic E-state index is 12.2. The molecule has 0 amide bonds. The Bertz CT molecular complexity index is 1020. The topological polar surface area (TPSA) is 91.7 Å². The van der Waals surface area contributed by atoms with Gasteiger partial charge in [0.1, 0.15) is 5.65 Å². The van der Waals surface area contributed by atoms with E-state index in [4.69, 9.17) is 0 Å². The first kappa shape index (κ1) is 11.2. The first-order valence-corrected chi connectivity index (χ1v) is 6.43. The number of pyridine rings is 1. The van der Waals surface area contributed by atoms with Gasteiger partial charge < -0.3 is 4.98 Å². The third-order valence-electron chi connectivity index (χ3n) is 3.51. The van der Waals surface area contributed by atoms with Crippen molar-refractivity contribution < 1.29 is 0 Å². The van der Waals surface area contributed by atoms with E-state index in [0.717, 1.165) is 28.7 Å². The lowest BCUT2D eigenvalue weighted by Crippen LogP contribution is -2.10. The van der Waals surface area contributed by atoms with Gasteiger partial charge in [0.15, 0.2) is 5.65 Å². The lowest BCUT2D eigenvalue weighted by molar-refractivity contribution is 0.952. The minimum atomic E-state index is -0.162. The number of nitrogens with one attached hydrogen (secondary N) is 2. The van der Waals surface area contributed by atoms with Gasteiger partial charge in [0.05, 0.1) is 22.0 Å². The number of H-pyrrole nitrogens is 2. The van der Waals surface area contributed by atoms with E-state index in [-0.39, 0.29) is 5.56 Å². The summed E-state index contributed by atoms with van der Waals surface area (Å²) in [6.45, 7) is 3.93. The van der Waals surface area contributed by atoms with Crippen LogP contribution in [0.1, 0.15) is 18.3 Å². The SMILES string of the molecule is CCc1[nH]nc2ncc3c(=O)[nH]c4cc(C)nn4c3c12. The second kappa shape index (κ2) is 3.66. The Morgan fingerprint density at radius 2 is 2.25 bits per heavy atom. The summed E-state index contributed by atoms with van der Waals surface area (Å²) >= 11 is 0. The number of hydrogen-bond acceptors (Lipinski definition) is 4. The summed E-state index contributed by atoms with van der Waals surface area (Å²) in [5, 5.41) is 13.0. The summed E-state index contributed by atoms with van der Waals surface area (Å²) in [6, 6.07) is 1.85. The van der Waals surface area contributed by atoms with Crippen LogP contribution in [0, 0.1) is 6.92 Å². The predicted molar refractivity (Wildman–Crippen MR) is 74.9 cm³/mol. The van der Waals surface area contributed by atoms with E-state index < -0.39 is 0 Å². The van der Waals surface area contributed by atoms with Gasteiger partial charge in [-0.05, 0) is 13.3 Å². The molecule has 4 rings (SSSR count). The molecule has 0 saturated heterocycles. The van der Waals surface area contributed by atoms with Gasteiger partial charge in [-0.2, -0.15) is 10.2 Å². The fraction of sp³-hybridized carbons (Fsp3) is 0.231. The smallest absolute Gasteiger partial charge is 0.260 e. The third kappa shape index (κ3) is 1.29. The second-order valence-electron chi connectivity index (χ2n) is 4.81. The van der Waals surface area contributed by atoms with E-state index in [0.29, 0.717) is 16.7 Å². The number of hydrogen-bond donors (Lipinski definition) is 2. The highest BCUT2D eigenvalue weighted by Crippen LogP contribution is 2.24. The molecule has 2 N–H and O–H groups in total. The molecule has 0 bridgehead atoms. The van der Waals surface area contributed by atoms with Crippen molar-refractivity contribution in [3.05, 3.63) is 34.0 Å². The molecule has 100 valence electrons. The molecule has 7 nitrogen and oxygen atoms in total. The highest BCUT2D eigenvalue weighted by Gasteiger charge is 2.15. The third-order valence-corrected chi connectivity index (χ3v) is 3.51. The number of rotatable bonds is 1. The highest BCUT2D eigenvalue weighted by molar-refractivity contribution is 6.03. The molecule has 0 aliphatic rings. The van der Waals surface area contributed by atoms with Crippen LogP contribution in [0.4, 0.5) is 0 Å². The number of aryl methyl sites for hydroxylation is 2. The summed E-state index contributed by atoms with van der Waals surface area (Å²) in [5.74, 6) is 0. The van der Waals surface area contributed by atoms with Gasteiger partial charge in [0, 0.05) is 18.0 Å². The Labute approximate surface area is 112 Å². The van der Waals surface area contributed by atoms with Crippen molar-refractivity contribution >= 4 is 27.6 Å². The zero-order valence-electron chi connectivity index (χ0n) is 11.1. The molecule has 0 fully saturated rings. The molecule has 4 aromatic rings. The van der Waals surface area contributed by atoms with E-state index in [2.05, 4.69) is 25.3 Å². The Morgan fingerprint density at radius 1 is 1.40 bits per heavy atom. The van der Waals surface area contributed by atoms with E-state index in [1.807, 2.05) is 19.9 Å². The number of aromatic amines is 2. The largest absolute Gasteiger partial charge is 0.306 e. The fourth-order valence-corrected chi connectivity index (χ4v) is 2.62. The van der Waals surface area contributed by atoms with Crippen molar-refractivity contribution in [1.29, 1.82) is 0 Å². The molecule has 0 radical (unpaired) electrons. The van der Waals surface area contributed by atoms with Crippen LogP contribution in [0.2, 0.25) is 0 Å². The van der Waals surface area contributed by atoms with Crippen LogP contribution in [0.15, 0.2) is 17.1 Å². The van der Waals surface area contributed by atoms with Crippen molar-refractivity contribution in [3.8, 4) is 0 Å². The van der Waals surface area contributed by atoms with Crippen LogP contribution >= 0.6 is 0 Å². The van der Waals surface area contributed by atoms with Crippen LogP contribution in [-0.2, 0) is 6.42 Å². The zero-order chi connectivity index (χ0) is 13.9. The molecule has 4 aromatic heterocycles. The fourth-order valence-electron chi connectivity index (χ4n) is 2.62. The second-order valence-corrected chi connectivity index (χ2v) is 4.81. The number of nitrogens with zero attached hydrogens (tertiary/aromatic N) is 4. The molecule has 0 atom stereocenters.